The lowest BCUT2D eigenvalue weighted by Crippen LogP contribution is -2.25. The molecule has 6 nitrogen and oxygen atoms in total. The highest BCUT2D eigenvalue weighted by Gasteiger charge is 2.16. The zero-order valence-electron chi connectivity index (χ0n) is 18.6. The smallest absolute Gasteiger partial charge is 0.265 e. The molecule has 0 unspecified atom stereocenters. The number of benzene rings is 2. The number of pyridine rings is 2. The SMILES string of the molecule is Cc1cc(Oc2ccc(CC(=O)c3cccn(-c4ccc(F)cc4)c3=O)cc2F)c2ccnn2c1. The normalized spacial score (nSPS) is 11.1. The molecule has 0 bridgehead atoms. The third kappa shape index (κ3) is 4.46. The van der Waals surface area contributed by atoms with Crippen LogP contribution in [0.3, 0.4) is 0 Å². The number of fused-ring (bicyclic) bond motifs is 1. The summed E-state index contributed by atoms with van der Waals surface area (Å²) in [6.45, 7) is 1.88. The molecule has 0 radical (unpaired) electrons. The molecule has 0 saturated carbocycles. The average Bonchev–Trinajstić information content (AvgIpc) is 3.30. The summed E-state index contributed by atoms with van der Waals surface area (Å²) < 4.78 is 36.8. The van der Waals surface area contributed by atoms with Crippen LogP contribution in [0.25, 0.3) is 11.2 Å². The Kier molecular flexibility index (Phi) is 5.70. The van der Waals surface area contributed by atoms with Gasteiger partial charge in [-0.2, -0.15) is 5.10 Å². The molecular formula is C27H19F2N3O3. The molecule has 0 atom stereocenters. The number of carbonyl (C=O) groups is 1. The molecule has 35 heavy (non-hydrogen) atoms. The molecule has 3 aromatic heterocycles. The van der Waals surface area contributed by atoms with Crippen LogP contribution in [-0.4, -0.2) is 20.0 Å². The van der Waals surface area contributed by atoms with Gasteiger partial charge in [-0.15, -0.1) is 0 Å². The van der Waals surface area contributed by atoms with Crippen molar-refractivity contribution in [3.8, 4) is 17.2 Å². The van der Waals surface area contributed by atoms with Gasteiger partial charge in [0.15, 0.2) is 23.1 Å². The topological polar surface area (TPSA) is 65.6 Å². The number of ether oxygens (including phenoxy) is 1. The summed E-state index contributed by atoms with van der Waals surface area (Å²) in [5.41, 5.74) is 1.84. The van der Waals surface area contributed by atoms with Crippen molar-refractivity contribution >= 4 is 11.3 Å². The highest BCUT2D eigenvalue weighted by molar-refractivity contribution is 5.97. The number of carbonyl (C=O) groups excluding carboxylic acids is 1. The van der Waals surface area contributed by atoms with Crippen LogP contribution in [0, 0.1) is 18.6 Å². The number of hydrogen-bond donors (Lipinski definition) is 0. The highest BCUT2D eigenvalue weighted by Crippen LogP contribution is 2.29. The largest absolute Gasteiger partial charge is 0.452 e. The number of Topliss-reactive ketones (excluding diaryl/α,β-unsaturated/α-hetero) is 1. The van der Waals surface area contributed by atoms with E-state index in [1.807, 2.05) is 13.1 Å². The number of rotatable bonds is 6. The molecule has 5 aromatic rings. The first-order chi connectivity index (χ1) is 16.9. The van der Waals surface area contributed by atoms with E-state index in [2.05, 4.69) is 5.10 Å². The molecule has 0 aliphatic rings. The predicted octanol–water partition coefficient (Wildman–Crippen LogP) is 5.29. The van der Waals surface area contributed by atoms with E-state index in [-0.39, 0.29) is 17.7 Å². The number of hydrogen-bond acceptors (Lipinski definition) is 4. The van der Waals surface area contributed by atoms with Gasteiger partial charge in [0, 0.05) is 24.5 Å². The van der Waals surface area contributed by atoms with Gasteiger partial charge in [0.05, 0.1) is 11.8 Å². The molecule has 0 amide bonds. The fraction of sp³-hybridized carbons (Fsp3) is 0.0741. The Balaban J connectivity index is 1.38. The van der Waals surface area contributed by atoms with Crippen molar-refractivity contribution in [1.82, 2.24) is 14.2 Å². The maximum absolute atomic E-state index is 14.9. The second-order valence-corrected chi connectivity index (χ2v) is 8.08. The second-order valence-electron chi connectivity index (χ2n) is 8.08. The molecule has 2 aromatic carbocycles. The van der Waals surface area contributed by atoms with E-state index in [0.717, 1.165) is 5.56 Å². The van der Waals surface area contributed by atoms with Crippen LogP contribution >= 0.6 is 0 Å². The lowest BCUT2D eigenvalue weighted by molar-refractivity contribution is 0.0991. The molecule has 8 heteroatoms. The summed E-state index contributed by atoms with van der Waals surface area (Å²) in [6, 6.07) is 16.2. The fourth-order valence-corrected chi connectivity index (χ4v) is 3.85. The maximum Gasteiger partial charge on any atom is 0.265 e. The van der Waals surface area contributed by atoms with Gasteiger partial charge in [-0.1, -0.05) is 6.07 Å². The number of aryl methyl sites for hydroxylation is 1. The first-order valence-corrected chi connectivity index (χ1v) is 10.8. The van der Waals surface area contributed by atoms with Gasteiger partial charge >= 0.3 is 0 Å². The maximum atomic E-state index is 14.9. The highest BCUT2D eigenvalue weighted by atomic mass is 19.1. The Bertz CT molecular complexity index is 1620. The molecule has 0 fully saturated rings. The zero-order valence-corrected chi connectivity index (χ0v) is 18.6. The van der Waals surface area contributed by atoms with E-state index in [1.54, 1.807) is 35.0 Å². The van der Waals surface area contributed by atoms with Crippen molar-refractivity contribution in [1.29, 1.82) is 0 Å². The summed E-state index contributed by atoms with van der Waals surface area (Å²) in [6.07, 6.45) is 4.79. The van der Waals surface area contributed by atoms with Gasteiger partial charge in [-0.3, -0.25) is 14.2 Å². The summed E-state index contributed by atoms with van der Waals surface area (Å²) >= 11 is 0. The third-order valence-electron chi connectivity index (χ3n) is 5.54. The van der Waals surface area contributed by atoms with Gasteiger partial charge in [0.1, 0.15) is 11.3 Å². The van der Waals surface area contributed by atoms with E-state index in [1.165, 1.54) is 53.2 Å². The minimum absolute atomic E-state index is 0.00766. The van der Waals surface area contributed by atoms with E-state index < -0.39 is 23.0 Å². The van der Waals surface area contributed by atoms with E-state index >= 15 is 0 Å². The molecule has 0 N–H and O–H groups in total. The predicted molar refractivity (Wildman–Crippen MR) is 126 cm³/mol. The quantitative estimate of drug-likeness (QED) is 0.316. The van der Waals surface area contributed by atoms with E-state index in [9.17, 15) is 18.4 Å². The molecule has 5 rings (SSSR count). The van der Waals surface area contributed by atoms with Crippen LogP contribution < -0.4 is 10.3 Å². The molecule has 3 heterocycles. The Hall–Kier alpha value is -4.59. The summed E-state index contributed by atoms with van der Waals surface area (Å²) in [5.74, 6) is -1.06. The van der Waals surface area contributed by atoms with Crippen LogP contribution in [0.1, 0.15) is 21.5 Å². The van der Waals surface area contributed by atoms with Crippen molar-refractivity contribution in [2.24, 2.45) is 0 Å². The minimum atomic E-state index is -0.633. The molecule has 0 spiro atoms. The van der Waals surface area contributed by atoms with Gasteiger partial charge in [0.25, 0.3) is 5.56 Å². The molecule has 174 valence electrons. The summed E-state index contributed by atoms with van der Waals surface area (Å²) in [7, 11) is 0. The van der Waals surface area contributed by atoms with Crippen LogP contribution in [0.5, 0.6) is 11.5 Å². The van der Waals surface area contributed by atoms with Gasteiger partial charge < -0.3 is 4.74 Å². The second kappa shape index (κ2) is 8.98. The van der Waals surface area contributed by atoms with Crippen LogP contribution in [-0.2, 0) is 6.42 Å². The summed E-state index contributed by atoms with van der Waals surface area (Å²) in [4.78, 5) is 25.7. The molecule has 0 aliphatic heterocycles. The first kappa shape index (κ1) is 22.2. The van der Waals surface area contributed by atoms with Crippen molar-refractivity contribution in [3.63, 3.8) is 0 Å². The number of aromatic nitrogens is 3. The van der Waals surface area contributed by atoms with Crippen LogP contribution in [0.15, 0.2) is 90.1 Å². The van der Waals surface area contributed by atoms with Crippen molar-refractivity contribution < 1.29 is 18.3 Å². The zero-order chi connectivity index (χ0) is 24.5. The molecule has 0 aliphatic carbocycles. The van der Waals surface area contributed by atoms with Crippen molar-refractivity contribution in [2.75, 3.05) is 0 Å². The Morgan fingerprint density at radius 3 is 2.57 bits per heavy atom. The summed E-state index contributed by atoms with van der Waals surface area (Å²) in [5, 5.41) is 4.18. The fourth-order valence-electron chi connectivity index (χ4n) is 3.85. The number of halogens is 2. The lowest BCUT2D eigenvalue weighted by Gasteiger charge is -2.11. The number of ketones is 1. The monoisotopic (exact) mass is 471 g/mol. The van der Waals surface area contributed by atoms with Gasteiger partial charge in [-0.05, 0) is 78.7 Å². The van der Waals surface area contributed by atoms with Crippen molar-refractivity contribution in [2.45, 2.75) is 13.3 Å². The minimum Gasteiger partial charge on any atom is -0.452 e. The van der Waals surface area contributed by atoms with Crippen LogP contribution in [0.4, 0.5) is 8.78 Å². The lowest BCUT2D eigenvalue weighted by atomic mass is 10.0. The van der Waals surface area contributed by atoms with Gasteiger partial charge in [-0.25, -0.2) is 13.3 Å². The van der Waals surface area contributed by atoms with E-state index in [4.69, 9.17) is 4.74 Å². The average molecular weight is 471 g/mol. The Morgan fingerprint density at radius 1 is 1.00 bits per heavy atom. The molecular weight excluding hydrogens is 452 g/mol. The Morgan fingerprint density at radius 2 is 1.80 bits per heavy atom. The Labute approximate surface area is 198 Å². The van der Waals surface area contributed by atoms with Crippen molar-refractivity contribution in [3.05, 3.63) is 124 Å². The first-order valence-electron chi connectivity index (χ1n) is 10.8. The van der Waals surface area contributed by atoms with Gasteiger partial charge in [0.2, 0.25) is 0 Å². The van der Waals surface area contributed by atoms with Crippen LogP contribution in [0.2, 0.25) is 0 Å². The third-order valence-corrected chi connectivity index (χ3v) is 5.54. The van der Waals surface area contributed by atoms with E-state index in [0.29, 0.717) is 22.5 Å². The molecule has 0 saturated heterocycles. The number of nitrogens with zero attached hydrogens (tertiary/aromatic N) is 3. The standard InChI is InChI=1S/C27H19F2N3O3/c1-17-13-26(23-10-11-30-32(23)16-17)35-25-9-4-18(14-22(25)29)15-24(33)21-3-2-12-31(27(21)34)20-7-5-19(28)6-8-20/h2-14,16H,15H2,1H3.